The number of carbonyl (C=O) groups is 1. The number of ether oxygens (including phenoxy) is 1. The van der Waals surface area contributed by atoms with E-state index in [1.54, 1.807) is 29.1 Å². The summed E-state index contributed by atoms with van der Waals surface area (Å²) in [6.45, 7) is -2.36. The van der Waals surface area contributed by atoms with Crippen LogP contribution in [0, 0.1) is 0 Å². The van der Waals surface area contributed by atoms with E-state index in [1.807, 2.05) is 18.3 Å². The van der Waals surface area contributed by atoms with Crippen LogP contribution in [0.25, 0.3) is 0 Å². The van der Waals surface area contributed by atoms with Crippen LogP contribution < -0.4 is 10.1 Å². The fourth-order valence-electron chi connectivity index (χ4n) is 2.36. The highest BCUT2D eigenvalue weighted by Crippen LogP contribution is 2.18. The minimum atomic E-state index is -2.88. The van der Waals surface area contributed by atoms with Gasteiger partial charge < -0.3 is 14.6 Å². The van der Waals surface area contributed by atoms with Gasteiger partial charge in [0.15, 0.2) is 0 Å². The Morgan fingerprint density at radius 3 is 2.64 bits per heavy atom. The molecule has 3 aromatic rings. The molecule has 0 unspecified atom stereocenters. The number of rotatable bonds is 6. The Hall–Kier alpha value is -3.22. The van der Waals surface area contributed by atoms with E-state index >= 15 is 0 Å². The number of nitrogens with one attached hydrogen (secondary N) is 1. The van der Waals surface area contributed by atoms with Gasteiger partial charge in [-0.1, -0.05) is 6.07 Å². The maximum atomic E-state index is 12.5. The number of amides is 1. The van der Waals surface area contributed by atoms with Crippen molar-refractivity contribution in [2.45, 2.75) is 13.2 Å². The fourth-order valence-corrected chi connectivity index (χ4v) is 2.36. The van der Waals surface area contributed by atoms with Crippen molar-refractivity contribution in [2.24, 2.45) is 0 Å². The molecular weight excluding hydrogens is 328 g/mol. The first-order chi connectivity index (χ1) is 12.1. The van der Waals surface area contributed by atoms with Crippen LogP contribution in [0.1, 0.15) is 16.1 Å². The summed E-state index contributed by atoms with van der Waals surface area (Å²) < 4.78 is 30.4. The van der Waals surface area contributed by atoms with Crippen molar-refractivity contribution in [3.05, 3.63) is 78.4 Å². The van der Waals surface area contributed by atoms with Crippen LogP contribution in [0.4, 0.5) is 14.5 Å². The molecule has 5 nitrogen and oxygen atoms in total. The zero-order valence-corrected chi connectivity index (χ0v) is 13.1. The van der Waals surface area contributed by atoms with Gasteiger partial charge in [-0.3, -0.25) is 9.78 Å². The van der Waals surface area contributed by atoms with Crippen LogP contribution in [0.2, 0.25) is 0 Å². The minimum absolute atomic E-state index is 0.0351. The van der Waals surface area contributed by atoms with E-state index in [0.717, 1.165) is 5.56 Å². The van der Waals surface area contributed by atoms with Gasteiger partial charge in [0.05, 0.1) is 0 Å². The van der Waals surface area contributed by atoms with E-state index in [2.05, 4.69) is 15.0 Å². The first kappa shape index (κ1) is 16.6. The van der Waals surface area contributed by atoms with E-state index in [9.17, 15) is 13.6 Å². The van der Waals surface area contributed by atoms with Gasteiger partial charge in [0, 0.05) is 30.8 Å². The lowest BCUT2D eigenvalue weighted by atomic mass is 10.2. The number of carbonyl (C=O) groups excluding carboxylic acids is 1. The van der Waals surface area contributed by atoms with Gasteiger partial charge in [-0.15, -0.1) is 0 Å². The molecule has 0 aliphatic rings. The summed E-state index contributed by atoms with van der Waals surface area (Å²) in [5.74, 6) is -0.260. The average molecular weight is 343 g/mol. The second-order valence-corrected chi connectivity index (χ2v) is 5.24. The smallest absolute Gasteiger partial charge is 0.387 e. The normalized spacial score (nSPS) is 10.7. The molecule has 7 heteroatoms. The van der Waals surface area contributed by atoms with Crippen LogP contribution in [0.5, 0.6) is 5.75 Å². The molecule has 0 bridgehead atoms. The summed E-state index contributed by atoms with van der Waals surface area (Å²) >= 11 is 0. The Kier molecular flexibility index (Phi) is 5.03. The third-order valence-corrected chi connectivity index (χ3v) is 3.48. The molecule has 0 radical (unpaired) electrons. The number of halogens is 2. The first-order valence-electron chi connectivity index (χ1n) is 7.52. The molecule has 25 heavy (non-hydrogen) atoms. The number of nitrogens with zero attached hydrogens (tertiary/aromatic N) is 2. The molecular formula is C18H15F2N3O2. The molecule has 128 valence electrons. The molecule has 0 saturated heterocycles. The lowest BCUT2D eigenvalue weighted by Crippen LogP contribution is -2.17. The number of alkyl halides is 2. The van der Waals surface area contributed by atoms with Crippen molar-refractivity contribution < 1.29 is 18.3 Å². The zero-order valence-electron chi connectivity index (χ0n) is 13.1. The summed E-state index contributed by atoms with van der Waals surface area (Å²) in [5.41, 5.74) is 1.94. The molecule has 0 atom stereocenters. The van der Waals surface area contributed by atoms with Crippen LogP contribution in [0.3, 0.4) is 0 Å². The number of pyridine rings is 1. The second-order valence-electron chi connectivity index (χ2n) is 5.24. The largest absolute Gasteiger partial charge is 0.435 e. The number of anilines is 1. The van der Waals surface area contributed by atoms with Crippen LogP contribution >= 0.6 is 0 Å². The lowest BCUT2D eigenvalue weighted by molar-refractivity contribution is -0.0498. The SMILES string of the molecule is O=C(Nc1ccc(OC(F)F)cc1)c1cccn1Cc1cccnc1. The number of benzene rings is 1. The van der Waals surface area contributed by atoms with Gasteiger partial charge in [-0.25, -0.2) is 0 Å². The zero-order chi connectivity index (χ0) is 17.6. The minimum Gasteiger partial charge on any atom is -0.435 e. The quantitative estimate of drug-likeness (QED) is 0.741. The molecule has 1 amide bonds. The Morgan fingerprint density at radius 2 is 1.96 bits per heavy atom. The summed E-state index contributed by atoms with van der Waals surface area (Å²) in [4.78, 5) is 16.5. The average Bonchev–Trinajstić information content (AvgIpc) is 3.05. The summed E-state index contributed by atoms with van der Waals surface area (Å²) in [5, 5.41) is 2.73. The summed E-state index contributed by atoms with van der Waals surface area (Å²) in [6, 6.07) is 13.0. The number of aromatic nitrogens is 2. The molecule has 0 aliphatic carbocycles. The maximum Gasteiger partial charge on any atom is 0.387 e. The van der Waals surface area contributed by atoms with Crippen LogP contribution in [-0.4, -0.2) is 22.1 Å². The molecule has 2 aromatic heterocycles. The number of hydrogen-bond acceptors (Lipinski definition) is 3. The third-order valence-electron chi connectivity index (χ3n) is 3.48. The van der Waals surface area contributed by atoms with Gasteiger partial charge in [-0.2, -0.15) is 8.78 Å². The Bertz CT molecular complexity index is 833. The van der Waals surface area contributed by atoms with E-state index < -0.39 is 6.61 Å². The molecule has 0 aliphatic heterocycles. The van der Waals surface area contributed by atoms with E-state index in [1.165, 1.54) is 24.3 Å². The molecule has 3 rings (SSSR count). The monoisotopic (exact) mass is 343 g/mol. The van der Waals surface area contributed by atoms with E-state index in [-0.39, 0.29) is 11.7 Å². The Morgan fingerprint density at radius 1 is 1.16 bits per heavy atom. The van der Waals surface area contributed by atoms with E-state index in [4.69, 9.17) is 0 Å². The predicted octanol–water partition coefficient (Wildman–Crippen LogP) is 3.79. The third kappa shape index (κ3) is 4.41. The van der Waals surface area contributed by atoms with Gasteiger partial charge in [-0.05, 0) is 48.0 Å². The number of hydrogen-bond donors (Lipinski definition) is 1. The fraction of sp³-hybridized carbons (Fsp3) is 0.111. The Balaban J connectivity index is 1.69. The van der Waals surface area contributed by atoms with Crippen molar-refractivity contribution in [1.29, 1.82) is 0 Å². The summed E-state index contributed by atoms with van der Waals surface area (Å²) in [7, 11) is 0. The van der Waals surface area contributed by atoms with Crippen molar-refractivity contribution in [1.82, 2.24) is 9.55 Å². The molecule has 0 spiro atoms. The molecule has 1 N–H and O–H groups in total. The molecule has 0 saturated carbocycles. The van der Waals surface area contributed by atoms with Gasteiger partial charge >= 0.3 is 6.61 Å². The molecule has 0 fully saturated rings. The van der Waals surface area contributed by atoms with E-state index in [0.29, 0.717) is 17.9 Å². The van der Waals surface area contributed by atoms with Crippen molar-refractivity contribution in [3.63, 3.8) is 0 Å². The van der Waals surface area contributed by atoms with Crippen LogP contribution in [-0.2, 0) is 6.54 Å². The van der Waals surface area contributed by atoms with Crippen molar-refractivity contribution in [2.75, 3.05) is 5.32 Å². The van der Waals surface area contributed by atoms with Gasteiger partial charge in [0.1, 0.15) is 11.4 Å². The highest BCUT2D eigenvalue weighted by Gasteiger charge is 2.12. The maximum absolute atomic E-state index is 12.5. The molecule has 2 heterocycles. The standard InChI is InChI=1S/C18H15F2N3O2/c19-18(20)25-15-7-5-14(6-8-15)22-17(24)16-4-2-10-23(16)12-13-3-1-9-21-11-13/h1-11,18H,12H2,(H,22,24). The Labute approximate surface area is 142 Å². The summed E-state index contributed by atoms with van der Waals surface area (Å²) in [6.07, 6.45) is 5.24. The first-order valence-corrected chi connectivity index (χ1v) is 7.52. The highest BCUT2D eigenvalue weighted by atomic mass is 19.3. The predicted molar refractivity (Wildman–Crippen MR) is 88.8 cm³/mol. The van der Waals surface area contributed by atoms with Gasteiger partial charge in [0.25, 0.3) is 5.91 Å². The topological polar surface area (TPSA) is 56.1 Å². The van der Waals surface area contributed by atoms with Gasteiger partial charge in [0.2, 0.25) is 0 Å². The van der Waals surface area contributed by atoms with Crippen LogP contribution in [0.15, 0.2) is 67.1 Å². The van der Waals surface area contributed by atoms with Crippen molar-refractivity contribution in [3.8, 4) is 5.75 Å². The van der Waals surface area contributed by atoms with Crippen molar-refractivity contribution >= 4 is 11.6 Å². The molecule has 1 aromatic carbocycles. The second kappa shape index (κ2) is 7.57. The lowest BCUT2D eigenvalue weighted by Gasteiger charge is -2.10. The highest BCUT2D eigenvalue weighted by molar-refractivity contribution is 6.03.